The number of fused-ring (bicyclic) bond motifs is 2. The second-order valence-corrected chi connectivity index (χ2v) is 5.05. The topological polar surface area (TPSA) is 41.6 Å². The van der Waals surface area contributed by atoms with Crippen molar-refractivity contribution in [2.24, 2.45) is 0 Å². The van der Waals surface area contributed by atoms with Crippen molar-refractivity contribution >= 4 is 21.9 Å². The zero-order valence-corrected chi connectivity index (χ0v) is 11.4. The van der Waals surface area contributed by atoms with E-state index in [1.165, 1.54) is 6.07 Å². The molecule has 0 aliphatic rings. The lowest BCUT2D eigenvalue weighted by atomic mass is 10.0. The lowest BCUT2D eigenvalue weighted by Crippen LogP contribution is -1.86. The lowest BCUT2D eigenvalue weighted by molar-refractivity contribution is 0.640. The molecule has 0 atom stereocenters. The van der Waals surface area contributed by atoms with E-state index >= 15 is 0 Å². The highest BCUT2D eigenvalue weighted by Gasteiger charge is 2.11. The summed E-state index contributed by atoms with van der Waals surface area (Å²) in [5, 5.41) is 1.44. The monoisotopic (exact) mass is 277 g/mol. The van der Waals surface area contributed by atoms with Crippen LogP contribution >= 0.6 is 0 Å². The van der Waals surface area contributed by atoms with Crippen molar-refractivity contribution in [1.29, 1.82) is 0 Å². The van der Waals surface area contributed by atoms with E-state index in [0.717, 1.165) is 22.2 Å². The Hall–Kier alpha value is -2.75. The predicted octanol–water partition coefficient (Wildman–Crippen LogP) is 4.23. The summed E-state index contributed by atoms with van der Waals surface area (Å²) in [4.78, 5) is 12.2. The van der Waals surface area contributed by atoms with Gasteiger partial charge in [0.05, 0.1) is 5.52 Å². The van der Waals surface area contributed by atoms with Crippen molar-refractivity contribution in [2.45, 2.75) is 6.92 Å². The van der Waals surface area contributed by atoms with Gasteiger partial charge >= 0.3 is 0 Å². The van der Waals surface area contributed by atoms with Gasteiger partial charge in [0.15, 0.2) is 5.65 Å². The van der Waals surface area contributed by atoms with Crippen LogP contribution in [0.4, 0.5) is 4.39 Å². The molecule has 102 valence electrons. The first-order valence-electron chi connectivity index (χ1n) is 6.73. The number of nitrogens with zero attached hydrogens (tertiary/aromatic N) is 2. The molecule has 0 radical (unpaired) electrons. The Bertz CT molecular complexity index is 972. The number of aromatic amines is 1. The minimum absolute atomic E-state index is 0.223. The number of aromatic nitrogens is 3. The molecule has 4 aromatic rings. The van der Waals surface area contributed by atoms with E-state index in [0.29, 0.717) is 16.9 Å². The summed E-state index contributed by atoms with van der Waals surface area (Å²) in [5.41, 5.74) is 3.36. The first kappa shape index (κ1) is 12.0. The van der Waals surface area contributed by atoms with Gasteiger partial charge in [-0.25, -0.2) is 14.4 Å². The summed E-state index contributed by atoms with van der Waals surface area (Å²) in [7, 11) is 0. The molecule has 0 aliphatic carbocycles. The number of benzene rings is 2. The van der Waals surface area contributed by atoms with Gasteiger partial charge in [0.1, 0.15) is 11.6 Å². The third-order valence-corrected chi connectivity index (χ3v) is 3.61. The van der Waals surface area contributed by atoms with Gasteiger partial charge in [-0.05, 0) is 36.6 Å². The van der Waals surface area contributed by atoms with Crippen LogP contribution in [0.3, 0.4) is 0 Å². The summed E-state index contributed by atoms with van der Waals surface area (Å²) in [6.07, 6.45) is 0. The molecule has 21 heavy (non-hydrogen) atoms. The molecule has 0 saturated heterocycles. The van der Waals surface area contributed by atoms with E-state index in [1.54, 1.807) is 12.1 Å². The molecule has 0 unspecified atom stereocenters. The molecule has 4 rings (SSSR count). The first-order chi connectivity index (χ1) is 10.2. The molecule has 3 nitrogen and oxygen atoms in total. The lowest BCUT2D eigenvalue weighted by Gasteiger charge is -2.04. The Morgan fingerprint density at radius 1 is 0.905 bits per heavy atom. The highest BCUT2D eigenvalue weighted by Crippen LogP contribution is 2.29. The number of H-pyrrole nitrogens is 1. The molecule has 0 aliphatic heterocycles. The maximum atomic E-state index is 13.9. The van der Waals surface area contributed by atoms with Crippen LogP contribution in [0.15, 0.2) is 48.5 Å². The molecule has 2 aromatic carbocycles. The molecule has 0 bridgehead atoms. The van der Waals surface area contributed by atoms with E-state index in [4.69, 9.17) is 0 Å². The molecule has 1 N–H and O–H groups in total. The fraction of sp³-hybridized carbons (Fsp3) is 0.0588. The second-order valence-electron chi connectivity index (χ2n) is 5.05. The van der Waals surface area contributed by atoms with Crippen LogP contribution in [0.5, 0.6) is 0 Å². The Kier molecular flexibility index (Phi) is 2.51. The van der Waals surface area contributed by atoms with Crippen molar-refractivity contribution in [1.82, 2.24) is 15.0 Å². The number of nitrogens with one attached hydrogen (secondary N) is 1. The zero-order chi connectivity index (χ0) is 14.4. The maximum absolute atomic E-state index is 13.9. The van der Waals surface area contributed by atoms with E-state index in [2.05, 4.69) is 15.0 Å². The third kappa shape index (κ3) is 1.88. The minimum atomic E-state index is -0.223. The van der Waals surface area contributed by atoms with Crippen molar-refractivity contribution in [3.05, 3.63) is 60.0 Å². The maximum Gasteiger partial charge on any atom is 0.178 e. The van der Waals surface area contributed by atoms with Gasteiger partial charge in [-0.1, -0.05) is 24.3 Å². The number of halogens is 1. The van der Waals surface area contributed by atoms with Crippen LogP contribution in [0.2, 0.25) is 0 Å². The first-order valence-corrected chi connectivity index (χ1v) is 6.73. The average Bonchev–Trinajstić information content (AvgIpc) is 2.90. The van der Waals surface area contributed by atoms with E-state index in [9.17, 15) is 4.39 Å². The molecule has 4 heteroatoms. The molecule has 2 aromatic heterocycles. The number of pyridine rings is 1. The molecular weight excluding hydrogens is 265 g/mol. The third-order valence-electron chi connectivity index (χ3n) is 3.61. The molecule has 0 amide bonds. The van der Waals surface area contributed by atoms with Gasteiger partial charge in [0.2, 0.25) is 0 Å². The van der Waals surface area contributed by atoms with E-state index in [1.807, 2.05) is 37.3 Å². The van der Waals surface area contributed by atoms with Gasteiger partial charge in [-0.3, -0.25) is 0 Å². The second kappa shape index (κ2) is 4.38. The van der Waals surface area contributed by atoms with Crippen molar-refractivity contribution in [2.75, 3.05) is 0 Å². The molecule has 2 heterocycles. The van der Waals surface area contributed by atoms with Gasteiger partial charge in [-0.15, -0.1) is 0 Å². The summed E-state index contributed by atoms with van der Waals surface area (Å²) < 4.78 is 13.9. The quantitative estimate of drug-likeness (QED) is 0.566. The van der Waals surface area contributed by atoms with Gasteiger partial charge in [0.25, 0.3) is 0 Å². The summed E-state index contributed by atoms with van der Waals surface area (Å²) in [5.74, 6) is 0.485. The highest BCUT2D eigenvalue weighted by atomic mass is 19.1. The average molecular weight is 277 g/mol. The minimum Gasteiger partial charge on any atom is -0.337 e. The summed E-state index contributed by atoms with van der Waals surface area (Å²) in [6, 6.07) is 14.5. The van der Waals surface area contributed by atoms with Gasteiger partial charge < -0.3 is 4.98 Å². The van der Waals surface area contributed by atoms with Crippen molar-refractivity contribution in [3.63, 3.8) is 0 Å². The molecule has 0 fully saturated rings. The predicted molar refractivity (Wildman–Crippen MR) is 81.5 cm³/mol. The Labute approximate surface area is 120 Å². The number of imidazole rings is 1. The van der Waals surface area contributed by atoms with Crippen LogP contribution in [0.1, 0.15) is 5.69 Å². The van der Waals surface area contributed by atoms with Crippen LogP contribution in [-0.4, -0.2) is 15.0 Å². The van der Waals surface area contributed by atoms with Crippen LogP contribution < -0.4 is 0 Å². The van der Waals surface area contributed by atoms with E-state index < -0.39 is 0 Å². The normalized spacial score (nSPS) is 11.3. The van der Waals surface area contributed by atoms with Gasteiger partial charge in [0, 0.05) is 16.6 Å². The van der Waals surface area contributed by atoms with Crippen molar-refractivity contribution < 1.29 is 4.39 Å². The number of aryl methyl sites for hydroxylation is 1. The van der Waals surface area contributed by atoms with Crippen molar-refractivity contribution in [3.8, 4) is 11.4 Å². The standard InChI is InChI=1S/C17H12FN3/c1-10-6-9-15-17(19-10)21-16(20-15)13-7-8-14(18)12-5-3-2-4-11(12)13/h2-9H,1H3,(H,19,20,21). The highest BCUT2D eigenvalue weighted by molar-refractivity contribution is 5.96. The number of rotatable bonds is 1. The number of hydrogen-bond acceptors (Lipinski definition) is 2. The Morgan fingerprint density at radius 3 is 2.57 bits per heavy atom. The number of hydrogen-bond donors (Lipinski definition) is 1. The SMILES string of the molecule is Cc1ccc2[nH]c(-c3ccc(F)c4ccccc34)nc2n1. The van der Waals surface area contributed by atoms with Crippen LogP contribution in [0, 0.1) is 12.7 Å². The Morgan fingerprint density at radius 2 is 1.71 bits per heavy atom. The molecule has 0 saturated carbocycles. The Balaban J connectivity index is 2.02. The molecular formula is C17H12FN3. The van der Waals surface area contributed by atoms with E-state index in [-0.39, 0.29) is 5.82 Å². The zero-order valence-electron chi connectivity index (χ0n) is 11.4. The van der Waals surface area contributed by atoms with Gasteiger partial charge in [-0.2, -0.15) is 0 Å². The fourth-order valence-electron chi connectivity index (χ4n) is 2.58. The summed E-state index contributed by atoms with van der Waals surface area (Å²) in [6.45, 7) is 1.93. The largest absolute Gasteiger partial charge is 0.337 e. The fourth-order valence-corrected chi connectivity index (χ4v) is 2.58. The van der Waals surface area contributed by atoms with Crippen LogP contribution in [-0.2, 0) is 0 Å². The summed E-state index contributed by atoms with van der Waals surface area (Å²) >= 11 is 0. The smallest absolute Gasteiger partial charge is 0.178 e. The van der Waals surface area contributed by atoms with Crippen LogP contribution in [0.25, 0.3) is 33.3 Å². The molecule has 0 spiro atoms.